The molecule has 0 saturated carbocycles. The maximum absolute atomic E-state index is 12.5. The van der Waals surface area contributed by atoms with Crippen molar-refractivity contribution < 1.29 is 13.2 Å². The third-order valence-electron chi connectivity index (χ3n) is 5.04. The minimum absolute atomic E-state index is 0.0589. The molecule has 2 aliphatic heterocycles. The lowest BCUT2D eigenvalue weighted by molar-refractivity contribution is 0.0804. The fourth-order valence-corrected chi connectivity index (χ4v) is 5.21. The van der Waals surface area contributed by atoms with Gasteiger partial charge in [-0.15, -0.1) is 0 Å². The summed E-state index contributed by atoms with van der Waals surface area (Å²) in [5, 5.41) is 0. The fourth-order valence-electron chi connectivity index (χ4n) is 3.85. The van der Waals surface area contributed by atoms with Gasteiger partial charge in [0.25, 0.3) is 0 Å². The number of methoxy groups -OCH3 is 1. The lowest BCUT2D eigenvalue weighted by atomic mass is 9.75. The molecule has 0 radical (unpaired) electrons. The van der Waals surface area contributed by atoms with Crippen LogP contribution in [0.1, 0.15) is 31.0 Å². The van der Waals surface area contributed by atoms with E-state index in [0.29, 0.717) is 13.1 Å². The second-order valence-corrected chi connectivity index (χ2v) is 9.21. The molecule has 0 amide bonds. The van der Waals surface area contributed by atoms with Gasteiger partial charge in [-0.25, -0.2) is 8.42 Å². The Hall–Kier alpha value is -0.950. The minimum atomic E-state index is -3.25. The summed E-state index contributed by atoms with van der Waals surface area (Å²) in [5.41, 5.74) is 2.72. The van der Waals surface area contributed by atoms with Crippen LogP contribution in [0.15, 0.2) is 24.3 Å². The Labute approximate surface area is 139 Å². The molecule has 1 atom stereocenters. The van der Waals surface area contributed by atoms with Gasteiger partial charge in [0.15, 0.2) is 0 Å². The highest BCUT2D eigenvalue weighted by Crippen LogP contribution is 2.41. The number of hydrogen-bond donors (Lipinski definition) is 0. The van der Waals surface area contributed by atoms with E-state index in [4.69, 9.17) is 4.74 Å². The Bertz CT molecular complexity index is 672. The van der Waals surface area contributed by atoms with E-state index in [1.807, 2.05) is 0 Å². The zero-order chi connectivity index (χ0) is 16.7. The van der Waals surface area contributed by atoms with Gasteiger partial charge in [-0.05, 0) is 11.1 Å². The number of piperazine rings is 1. The molecule has 1 aromatic rings. The molecule has 0 N–H and O–H groups in total. The lowest BCUT2D eigenvalue weighted by Gasteiger charge is -2.49. The van der Waals surface area contributed by atoms with Gasteiger partial charge in [-0.2, -0.15) is 4.31 Å². The van der Waals surface area contributed by atoms with Crippen LogP contribution in [-0.4, -0.2) is 63.3 Å². The zero-order valence-corrected chi connectivity index (χ0v) is 15.0. The van der Waals surface area contributed by atoms with Crippen LogP contribution in [0.3, 0.4) is 0 Å². The van der Waals surface area contributed by atoms with Crippen molar-refractivity contribution in [3.63, 3.8) is 0 Å². The molecule has 0 spiro atoms. The number of fused-ring (bicyclic) bond motifs is 3. The molecule has 6 heteroatoms. The van der Waals surface area contributed by atoms with E-state index < -0.39 is 10.0 Å². The Morgan fingerprint density at radius 2 is 2.00 bits per heavy atom. The van der Waals surface area contributed by atoms with E-state index in [2.05, 4.69) is 43.0 Å². The predicted octanol–water partition coefficient (Wildman–Crippen LogP) is 1.61. The monoisotopic (exact) mass is 338 g/mol. The quantitative estimate of drug-likeness (QED) is 0.837. The van der Waals surface area contributed by atoms with Crippen LogP contribution in [-0.2, 0) is 20.2 Å². The van der Waals surface area contributed by atoms with Crippen molar-refractivity contribution in [2.45, 2.75) is 25.3 Å². The van der Waals surface area contributed by atoms with E-state index in [1.54, 1.807) is 4.31 Å². The topological polar surface area (TPSA) is 49.9 Å². The van der Waals surface area contributed by atoms with Gasteiger partial charge >= 0.3 is 0 Å². The Kier molecular flexibility index (Phi) is 4.53. The van der Waals surface area contributed by atoms with Gasteiger partial charge in [0, 0.05) is 44.7 Å². The van der Waals surface area contributed by atoms with E-state index in [9.17, 15) is 8.42 Å². The van der Waals surface area contributed by atoms with Gasteiger partial charge in [-0.1, -0.05) is 38.1 Å². The first kappa shape index (κ1) is 16.9. The maximum atomic E-state index is 12.5. The molecule has 2 aliphatic rings. The molecule has 2 heterocycles. The normalized spacial score (nSPS) is 24.9. The zero-order valence-electron chi connectivity index (χ0n) is 14.2. The van der Waals surface area contributed by atoms with Crippen LogP contribution >= 0.6 is 0 Å². The number of ether oxygens (including phenoxy) is 1. The molecule has 128 valence electrons. The van der Waals surface area contributed by atoms with Crippen LogP contribution in [0.2, 0.25) is 0 Å². The number of rotatable bonds is 4. The number of hydrogen-bond acceptors (Lipinski definition) is 4. The van der Waals surface area contributed by atoms with Crippen molar-refractivity contribution in [1.82, 2.24) is 9.21 Å². The summed E-state index contributed by atoms with van der Waals surface area (Å²) < 4.78 is 31.6. The third kappa shape index (κ3) is 3.18. The average Bonchev–Trinajstić information content (AvgIpc) is 2.52. The number of nitrogens with zero attached hydrogens (tertiary/aromatic N) is 2. The van der Waals surface area contributed by atoms with Crippen LogP contribution in [0.5, 0.6) is 0 Å². The Morgan fingerprint density at radius 1 is 1.26 bits per heavy atom. The standard InChI is InChI=1S/C17H26N2O3S/c1-17(2)13-18-8-9-19(23(20,21)11-10-22-3)12-16(18)14-6-4-5-7-15(14)17/h4-7,16H,8-13H2,1-3H3. The summed E-state index contributed by atoms with van der Waals surface area (Å²) in [6.07, 6.45) is 0. The van der Waals surface area contributed by atoms with E-state index in [0.717, 1.165) is 13.1 Å². The second kappa shape index (κ2) is 6.16. The van der Waals surface area contributed by atoms with Gasteiger partial charge < -0.3 is 4.74 Å². The van der Waals surface area contributed by atoms with Crippen molar-refractivity contribution in [2.75, 3.05) is 45.6 Å². The molecule has 3 rings (SSSR count). The van der Waals surface area contributed by atoms with Gasteiger partial charge in [0.2, 0.25) is 10.0 Å². The third-order valence-corrected chi connectivity index (χ3v) is 6.84. The first-order chi connectivity index (χ1) is 10.8. The van der Waals surface area contributed by atoms with Crippen molar-refractivity contribution in [3.05, 3.63) is 35.4 Å². The predicted molar refractivity (Wildman–Crippen MR) is 91.0 cm³/mol. The molecule has 1 aromatic carbocycles. The van der Waals surface area contributed by atoms with Gasteiger partial charge in [0.1, 0.15) is 0 Å². The maximum Gasteiger partial charge on any atom is 0.216 e. The van der Waals surface area contributed by atoms with Crippen LogP contribution in [0.25, 0.3) is 0 Å². The average molecular weight is 338 g/mol. The molecule has 0 aromatic heterocycles. The summed E-state index contributed by atoms with van der Waals surface area (Å²) >= 11 is 0. The smallest absolute Gasteiger partial charge is 0.216 e. The molecule has 0 bridgehead atoms. The summed E-state index contributed by atoms with van der Waals surface area (Å²) in [6, 6.07) is 8.62. The summed E-state index contributed by atoms with van der Waals surface area (Å²) in [5.74, 6) is 0.0589. The lowest BCUT2D eigenvalue weighted by Crippen LogP contribution is -2.56. The van der Waals surface area contributed by atoms with Crippen LogP contribution in [0.4, 0.5) is 0 Å². The van der Waals surface area contributed by atoms with Crippen molar-refractivity contribution in [1.29, 1.82) is 0 Å². The molecular weight excluding hydrogens is 312 g/mol. The molecular formula is C17H26N2O3S. The Balaban J connectivity index is 1.88. The fraction of sp³-hybridized carbons (Fsp3) is 0.647. The molecule has 1 saturated heterocycles. The number of benzene rings is 1. The van der Waals surface area contributed by atoms with E-state index in [1.165, 1.54) is 18.2 Å². The van der Waals surface area contributed by atoms with Gasteiger partial charge in [0.05, 0.1) is 12.4 Å². The highest BCUT2D eigenvalue weighted by Gasteiger charge is 2.42. The summed E-state index contributed by atoms with van der Waals surface area (Å²) in [4.78, 5) is 2.44. The van der Waals surface area contributed by atoms with E-state index in [-0.39, 0.29) is 23.8 Å². The minimum Gasteiger partial charge on any atom is -0.384 e. The van der Waals surface area contributed by atoms with Crippen molar-refractivity contribution in [2.24, 2.45) is 0 Å². The van der Waals surface area contributed by atoms with E-state index >= 15 is 0 Å². The highest BCUT2D eigenvalue weighted by atomic mass is 32.2. The summed E-state index contributed by atoms with van der Waals surface area (Å²) in [6.45, 7) is 7.65. The summed E-state index contributed by atoms with van der Waals surface area (Å²) in [7, 11) is -1.71. The molecule has 23 heavy (non-hydrogen) atoms. The first-order valence-corrected chi connectivity index (χ1v) is 9.76. The van der Waals surface area contributed by atoms with Gasteiger partial charge in [-0.3, -0.25) is 4.90 Å². The highest BCUT2D eigenvalue weighted by molar-refractivity contribution is 7.89. The SMILES string of the molecule is COCCS(=O)(=O)N1CCN2CC(C)(C)c3ccccc3C2C1. The van der Waals surface area contributed by atoms with Crippen molar-refractivity contribution >= 4 is 10.0 Å². The molecule has 5 nitrogen and oxygen atoms in total. The second-order valence-electron chi connectivity index (χ2n) is 7.12. The first-order valence-electron chi connectivity index (χ1n) is 8.15. The largest absolute Gasteiger partial charge is 0.384 e. The molecule has 1 fully saturated rings. The molecule has 1 unspecified atom stereocenters. The molecule has 0 aliphatic carbocycles. The van der Waals surface area contributed by atoms with Crippen LogP contribution in [0, 0.1) is 0 Å². The number of sulfonamides is 1. The Morgan fingerprint density at radius 3 is 2.74 bits per heavy atom. The van der Waals surface area contributed by atoms with Crippen LogP contribution < -0.4 is 0 Å². The van der Waals surface area contributed by atoms with Crippen molar-refractivity contribution in [3.8, 4) is 0 Å².